The molecular weight excluding hydrogens is 501 g/mol. The summed E-state index contributed by atoms with van der Waals surface area (Å²) in [5.74, 6) is 0.980. The van der Waals surface area contributed by atoms with Gasteiger partial charge in [-0.25, -0.2) is 9.97 Å². The van der Waals surface area contributed by atoms with Gasteiger partial charge in [-0.05, 0) is 40.8 Å². The quantitative estimate of drug-likeness (QED) is 0.349. The fraction of sp³-hybridized carbons (Fsp3) is 0.250. The predicted molar refractivity (Wildman–Crippen MR) is 118 cm³/mol. The van der Waals surface area contributed by atoms with Gasteiger partial charge in [0.2, 0.25) is 0 Å². The van der Waals surface area contributed by atoms with Crippen molar-refractivity contribution in [1.82, 2.24) is 19.5 Å². The average Bonchev–Trinajstić information content (AvgIpc) is 3.29. The number of pyridine rings is 1. The number of fused-ring (bicyclic) bond motifs is 2. The van der Waals surface area contributed by atoms with E-state index in [4.69, 9.17) is 15.2 Å². The molecule has 4 atom stereocenters. The van der Waals surface area contributed by atoms with Gasteiger partial charge in [0, 0.05) is 23.8 Å². The third-order valence-electron chi connectivity index (χ3n) is 5.21. The molecule has 30 heavy (non-hydrogen) atoms. The Morgan fingerprint density at radius 3 is 2.90 bits per heavy atom. The van der Waals surface area contributed by atoms with Crippen LogP contribution in [0.5, 0.6) is 5.75 Å². The highest BCUT2D eigenvalue weighted by Gasteiger charge is 2.44. The molecule has 0 spiro atoms. The fourth-order valence-corrected chi connectivity index (χ4v) is 4.30. The monoisotopic (exact) mass is 519 g/mol. The highest BCUT2D eigenvalue weighted by atomic mass is 127. The van der Waals surface area contributed by atoms with Gasteiger partial charge in [0.25, 0.3) is 0 Å². The molecule has 10 heteroatoms. The second kappa shape index (κ2) is 7.61. The Hall–Kier alpha value is -2.54. The Labute approximate surface area is 184 Å². The lowest BCUT2D eigenvalue weighted by molar-refractivity contribution is -0.0472. The number of hydrogen-bond acceptors (Lipinski definition) is 8. The fourth-order valence-electron chi connectivity index (χ4n) is 3.65. The number of anilines is 1. The van der Waals surface area contributed by atoms with Crippen LogP contribution >= 0.6 is 22.6 Å². The van der Waals surface area contributed by atoms with Crippen LogP contribution in [0.4, 0.5) is 5.82 Å². The predicted octanol–water partition coefficient (Wildman–Crippen LogP) is 1.86. The van der Waals surface area contributed by atoms with Crippen LogP contribution in [-0.2, 0) is 4.74 Å². The van der Waals surface area contributed by atoms with Crippen LogP contribution in [0.1, 0.15) is 6.23 Å². The molecule has 9 nitrogen and oxygen atoms in total. The summed E-state index contributed by atoms with van der Waals surface area (Å²) in [6, 6.07) is 9.45. The first-order chi connectivity index (χ1) is 14.5. The molecule has 0 saturated carbocycles. The first-order valence-corrected chi connectivity index (χ1v) is 10.4. The Kier molecular flexibility index (Phi) is 4.93. The zero-order chi connectivity index (χ0) is 20.8. The zero-order valence-electron chi connectivity index (χ0n) is 15.6. The summed E-state index contributed by atoms with van der Waals surface area (Å²) in [6.45, 7) is 0.0688. The number of nitrogens with two attached hydrogens (primary N) is 1. The van der Waals surface area contributed by atoms with E-state index in [1.165, 1.54) is 6.33 Å². The molecule has 4 N–H and O–H groups in total. The van der Waals surface area contributed by atoms with Gasteiger partial charge in [-0.1, -0.05) is 6.07 Å². The second-order valence-electron chi connectivity index (χ2n) is 7.06. The van der Waals surface area contributed by atoms with Crippen LogP contribution in [0.25, 0.3) is 21.9 Å². The first-order valence-electron chi connectivity index (χ1n) is 9.28. The number of aliphatic hydroxyl groups is 2. The molecule has 1 fully saturated rings. The highest BCUT2D eigenvalue weighted by Crippen LogP contribution is 2.34. The Morgan fingerprint density at radius 1 is 1.17 bits per heavy atom. The molecule has 154 valence electrons. The molecule has 3 aromatic heterocycles. The van der Waals surface area contributed by atoms with Crippen LogP contribution in [0, 0.1) is 3.57 Å². The number of aromatic nitrogens is 4. The van der Waals surface area contributed by atoms with E-state index in [0.29, 0.717) is 22.6 Å². The highest BCUT2D eigenvalue weighted by molar-refractivity contribution is 14.1. The van der Waals surface area contributed by atoms with E-state index in [9.17, 15) is 10.2 Å². The lowest BCUT2D eigenvalue weighted by Crippen LogP contribution is -2.34. The van der Waals surface area contributed by atoms with Crippen molar-refractivity contribution in [3.8, 4) is 5.75 Å². The number of ether oxygens (including phenoxy) is 2. The number of benzene rings is 1. The van der Waals surface area contributed by atoms with Gasteiger partial charge in [0.1, 0.15) is 48.5 Å². The molecule has 0 amide bonds. The van der Waals surface area contributed by atoms with Crippen molar-refractivity contribution in [2.75, 3.05) is 12.3 Å². The van der Waals surface area contributed by atoms with Gasteiger partial charge >= 0.3 is 0 Å². The van der Waals surface area contributed by atoms with Crippen LogP contribution in [0.2, 0.25) is 0 Å². The molecule has 1 aliphatic rings. The molecule has 0 aliphatic carbocycles. The first kappa shape index (κ1) is 19.4. The summed E-state index contributed by atoms with van der Waals surface area (Å²) < 4.78 is 14.4. The Morgan fingerprint density at radius 2 is 2.03 bits per heavy atom. The Bertz CT molecular complexity index is 1230. The maximum Gasteiger partial charge on any atom is 0.164 e. The van der Waals surface area contributed by atoms with Crippen molar-refractivity contribution in [2.24, 2.45) is 0 Å². The van der Waals surface area contributed by atoms with E-state index in [1.54, 1.807) is 23.0 Å². The molecule has 1 saturated heterocycles. The summed E-state index contributed by atoms with van der Waals surface area (Å²) in [5.41, 5.74) is 7.22. The number of aliphatic hydroxyl groups excluding tert-OH is 2. The molecule has 4 heterocycles. The molecule has 4 aromatic rings. The van der Waals surface area contributed by atoms with Crippen LogP contribution < -0.4 is 10.5 Å². The molecule has 5 rings (SSSR count). The van der Waals surface area contributed by atoms with E-state index in [1.807, 2.05) is 24.3 Å². The van der Waals surface area contributed by atoms with Crippen LogP contribution in [-0.4, -0.2) is 54.7 Å². The third kappa shape index (κ3) is 3.25. The van der Waals surface area contributed by atoms with Gasteiger partial charge in [-0.2, -0.15) is 0 Å². The topological polar surface area (TPSA) is 129 Å². The summed E-state index contributed by atoms with van der Waals surface area (Å²) >= 11 is 2.19. The molecular formula is C20H18IN5O4. The van der Waals surface area contributed by atoms with Crippen molar-refractivity contribution < 1.29 is 19.7 Å². The normalized spacial score (nSPS) is 24.0. The number of nitrogens with zero attached hydrogens (tertiary/aromatic N) is 4. The maximum absolute atomic E-state index is 10.6. The minimum atomic E-state index is -1.15. The van der Waals surface area contributed by atoms with Gasteiger partial charge in [-0.3, -0.25) is 4.98 Å². The molecule has 0 unspecified atom stereocenters. The van der Waals surface area contributed by atoms with Crippen molar-refractivity contribution in [3.63, 3.8) is 0 Å². The van der Waals surface area contributed by atoms with Crippen molar-refractivity contribution in [1.29, 1.82) is 0 Å². The number of nitrogen functional groups attached to an aromatic ring is 1. The van der Waals surface area contributed by atoms with E-state index in [0.717, 1.165) is 14.5 Å². The standard InChI is InChI=1S/C20H18IN5O4/c21-12-6-10-2-1-4-23-13(10)7-14(12)29-8-15-16(27)17(28)20(30-15)26-5-3-11-18(22)24-9-25-19(11)26/h1-7,9,15-17,20,27-28H,8H2,(H2,22,24,25)/t15-,16-,17-,20-/m1/s1. The minimum absolute atomic E-state index is 0.0688. The summed E-state index contributed by atoms with van der Waals surface area (Å²) in [7, 11) is 0. The summed E-state index contributed by atoms with van der Waals surface area (Å²) in [6.07, 6.45) is 0.960. The van der Waals surface area contributed by atoms with Crippen molar-refractivity contribution in [2.45, 2.75) is 24.5 Å². The summed E-state index contributed by atoms with van der Waals surface area (Å²) in [4.78, 5) is 12.5. The summed E-state index contributed by atoms with van der Waals surface area (Å²) in [5, 5.41) is 22.8. The molecule has 1 aromatic carbocycles. The van der Waals surface area contributed by atoms with Gasteiger partial charge in [0.05, 0.1) is 14.5 Å². The van der Waals surface area contributed by atoms with Crippen LogP contribution in [0.15, 0.2) is 49.1 Å². The minimum Gasteiger partial charge on any atom is -0.490 e. The second-order valence-corrected chi connectivity index (χ2v) is 8.22. The number of hydrogen-bond donors (Lipinski definition) is 3. The largest absolute Gasteiger partial charge is 0.490 e. The van der Waals surface area contributed by atoms with Crippen molar-refractivity contribution >= 4 is 50.3 Å². The van der Waals surface area contributed by atoms with E-state index < -0.39 is 24.5 Å². The van der Waals surface area contributed by atoms with Gasteiger partial charge in [0.15, 0.2) is 6.23 Å². The lowest BCUT2D eigenvalue weighted by atomic mass is 10.1. The third-order valence-corrected chi connectivity index (χ3v) is 6.05. The number of halogens is 1. The Balaban J connectivity index is 1.36. The van der Waals surface area contributed by atoms with Gasteiger partial charge in [-0.15, -0.1) is 0 Å². The smallest absolute Gasteiger partial charge is 0.164 e. The molecule has 1 aliphatic heterocycles. The van der Waals surface area contributed by atoms with Gasteiger partial charge < -0.3 is 30.0 Å². The van der Waals surface area contributed by atoms with E-state index >= 15 is 0 Å². The van der Waals surface area contributed by atoms with E-state index in [2.05, 4.69) is 37.5 Å². The number of rotatable bonds is 4. The SMILES string of the molecule is Nc1ncnc2c1ccn2[C@@H]1O[C@H](COc2cc3ncccc3cc2I)[C@@H](O)[C@H]1O. The van der Waals surface area contributed by atoms with E-state index in [-0.39, 0.29) is 6.61 Å². The zero-order valence-corrected chi connectivity index (χ0v) is 17.7. The average molecular weight is 519 g/mol. The maximum atomic E-state index is 10.6. The van der Waals surface area contributed by atoms with Crippen molar-refractivity contribution in [3.05, 3.63) is 52.6 Å². The van der Waals surface area contributed by atoms with Crippen LogP contribution in [0.3, 0.4) is 0 Å². The molecule has 0 radical (unpaired) electrons. The lowest BCUT2D eigenvalue weighted by Gasteiger charge is -2.17. The molecule has 0 bridgehead atoms.